The Morgan fingerprint density at radius 3 is 2.50 bits per heavy atom. The summed E-state index contributed by atoms with van der Waals surface area (Å²) in [6.07, 6.45) is 4.87. The van der Waals surface area contributed by atoms with Crippen LogP contribution in [0.4, 0.5) is 0 Å². The molecule has 0 unspecified atom stereocenters. The van der Waals surface area contributed by atoms with Gasteiger partial charge in [0.05, 0.1) is 6.10 Å². The number of aliphatic hydroxyl groups excluding tert-OH is 1. The summed E-state index contributed by atoms with van der Waals surface area (Å²) in [6.45, 7) is 12.1. The molecular formula is C13H24O. The van der Waals surface area contributed by atoms with Crippen molar-refractivity contribution in [3.8, 4) is 0 Å². The average molecular weight is 196 g/mol. The molecule has 1 nitrogen and oxygen atoms in total. The first-order valence-electron chi connectivity index (χ1n) is 5.67. The van der Waals surface area contributed by atoms with E-state index >= 15 is 0 Å². The van der Waals surface area contributed by atoms with Gasteiger partial charge in [0.15, 0.2) is 0 Å². The summed E-state index contributed by atoms with van der Waals surface area (Å²) in [5.74, 6) is 0.496. The lowest BCUT2D eigenvalue weighted by atomic mass is 9.83. The maximum absolute atomic E-state index is 9.68. The largest absolute Gasteiger partial charge is 0.389 e. The van der Waals surface area contributed by atoms with Crippen LogP contribution in [-0.4, -0.2) is 11.2 Å². The Labute approximate surface area is 88.5 Å². The molecule has 1 heteroatoms. The number of hydrogen-bond acceptors (Lipinski definition) is 1. The summed E-state index contributed by atoms with van der Waals surface area (Å²) in [6, 6.07) is 0. The van der Waals surface area contributed by atoms with Crippen molar-refractivity contribution in [2.75, 3.05) is 0 Å². The molecule has 0 aromatic rings. The van der Waals surface area contributed by atoms with Crippen LogP contribution in [-0.2, 0) is 0 Å². The molecule has 0 bridgehead atoms. The fourth-order valence-electron chi connectivity index (χ4n) is 1.73. The minimum absolute atomic E-state index is 0.217. The van der Waals surface area contributed by atoms with Crippen molar-refractivity contribution in [1.29, 1.82) is 0 Å². The molecule has 1 aliphatic carbocycles. The van der Waals surface area contributed by atoms with E-state index in [2.05, 4.69) is 19.6 Å². The van der Waals surface area contributed by atoms with Crippen molar-refractivity contribution in [1.82, 2.24) is 0 Å². The van der Waals surface area contributed by atoms with Crippen LogP contribution in [0.25, 0.3) is 0 Å². The average Bonchev–Trinajstić information content (AvgIpc) is 2.20. The van der Waals surface area contributed by atoms with Gasteiger partial charge in [-0.25, -0.2) is 0 Å². The third-order valence-electron chi connectivity index (χ3n) is 2.71. The zero-order valence-electron chi connectivity index (χ0n) is 10.0. The highest BCUT2D eigenvalue weighted by molar-refractivity contribution is 5.16. The summed E-state index contributed by atoms with van der Waals surface area (Å²) in [5.41, 5.74) is 2.40. The number of aliphatic hydroxyl groups is 1. The van der Waals surface area contributed by atoms with Crippen molar-refractivity contribution in [3.05, 3.63) is 23.8 Å². The Morgan fingerprint density at radius 2 is 2.14 bits per heavy atom. The molecule has 14 heavy (non-hydrogen) atoms. The van der Waals surface area contributed by atoms with Crippen molar-refractivity contribution in [2.45, 2.75) is 53.1 Å². The van der Waals surface area contributed by atoms with Crippen molar-refractivity contribution < 1.29 is 5.11 Å². The fourth-order valence-corrected chi connectivity index (χ4v) is 1.73. The summed E-state index contributed by atoms with van der Waals surface area (Å²) in [7, 11) is 0. The summed E-state index contributed by atoms with van der Waals surface area (Å²) >= 11 is 0. The van der Waals surface area contributed by atoms with Gasteiger partial charge >= 0.3 is 0 Å². The van der Waals surface area contributed by atoms with Crippen LogP contribution >= 0.6 is 0 Å². The highest BCUT2D eigenvalue weighted by Gasteiger charge is 2.21. The van der Waals surface area contributed by atoms with E-state index in [1.54, 1.807) is 0 Å². The molecule has 0 aliphatic heterocycles. The zero-order chi connectivity index (χ0) is 11.1. The summed E-state index contributed by atoms with van der Waals surface area (Å²) < 4.78 is 0. The van der Waals surface area contributed by atoms with Gasteiger partial charge < -0.3 is 5.11 Å². The molecule has 1 rings (SSSR count). The van der Waals surface area contributed by atoms with Crippen LogP contribution in [0.3, 0.4) is 0 Å². The van der Waals surface area contributed by atoms with Gasteiger partial charge in [-0.1, -0.05) is 39.0 Å². The Kier molecular flexibility index (Phi) is 6.56. The molecule has 0 spiro atoms. The molecular weight excluding hydrogens is 172 g/mol. The standard InChI is InChI=1S/C11H18O.C2H6/c1-4-9-5-6-10(8(2)3)7-11(9)12;1-2/h5,10-12H,2,4,6-7H2,1,3H3;1-2H3/t10-,11+;/m1./s1. The van der Waals surface area contributed by atoms with E-state index in [0.717, 1.165) is 19.3 Å². The summed E-state index contributed by atoms with van der Waals surface area (Å²) in [5, 5.41) is 9.68. The molecule has 0 saturated heterocycles. The van der Waals surface area contributed by atoms with Gasteiger partial charge in [0.1, 0.15) is 0 Å². The van der Waals surface area contributed by atoms with Crippen LogP contribution in [0.2, 0.25) is 0 Å². The van der Waals surface area contributed by atoms with Crippen LogP contribution < -0.4 is 0 Å². The van der Waals surface area contributed by atoms with Crippen LogP contribution in [0.15, 0.2) is 23.8 Å². The van der Waals surface area contributed by atoms with Gasteiger partial charge in [0, 0.05) is 0 Å². The second-order valence-corrected chi connectivity index (χ2v) is 3.66. The molecule has 82 valence electrons. The van der Waals surface area contributed by atoms with Gasteiger partial charge in [0.2, 0.25) is 0 Å². The van der Waals surface area contributed by atoms with E-state index in [4.69, 9.17) is 0 Å². The van der Waals surface area contributed by atoms with E-state index in [1.807, 2.05) is 20.8 Å². The number of allylic oxidation sites excluding steroid dienone is 2. The van der Waals surface area contributed by atoms with E-state index < -0.39 is 0 Å². The Morgan fingerprint density at radius 1 is 1.57 bits per heavy atom. The SMILES string of the molecule is C=C(C)[C@@H]1CC=C(CC)[C@@H](O)C1.CC. The monoisotopic (exact) mass is 196 g/mol. The van der Waals surface area contributed by atoms with Crippen molar-refractivity contribution in [2.24, 2.45) is 5.92 Å². The molecule has 0 saturated carbocycles. The second kappa shape index (κ2) is 6.83. The molecule has 2 atom stereocenters. The Bertz CT molecular complexity index is 203. The molecule has 0 amide bonds. The van der Waals surface area contributed by atoms with Crippen LogP contribution in [0.5, 0.6) is 0 Å². The lowest BCUT2D eigenvalue weighted by molar-refractivity contribution is 0.171. The number of hydrogen-bond donors (Lipinski definition) is 1. The van der Waals surface area contributed by atoms with E-state index in [1.165, 1.54) is 11.1 Å². The molecule has 0 fully saturated rings. The second-order valence-electron chi connectivity index (χ2n) is 3.66. The third-order valence-corrected chi connectivity index (χ3v) is 2.71. The molecule has 0 aromatic carbocycles. The lowest BCUT2D eigenvalue weighted by Gasteiger charge is -2.26. The zero-order valence-corrected chi connectivity index (χ0v) is 10.0. The van der Waals surface area contributed by atoms with Gasteiger partial charge in [-0.2, -0.15) is 0 Å². The quantitative estimate of drug-likeness (QED) is 0.668. The van der Waals surface area contributed by atoms with Crippen LogP contribution in [0.1, 0.15) is 47.0 Å². The van der Waals surface area contributed by atoms with E-state index in [9.17, 15) is 5.11 Å². The van der Waals surface area contributed by atoms with Gasteiger partial charge in [-0.05, 0) is 37.7 Å². The molecule has 1 aliphatic rings. The smallest absolute Gasteiger partial charge is 0.0755 e. The predicted molar refractivity (Wildman–Crippen MR) is 63.3 cm³/mol. The first kappa shape index (κ1) is 13.4. The van der Waals surface area contributed by atoms with Crippen molar-refractivity contribution in [3.63, 3.8) is 0 Å². The lowest BCUT2D eigenvalue weighted by Crippen LogP contribution is -2.20. The molecule has 0 aromatic heterocycles. The molecule has 0 radical (unpaired) electrons. The normalized spacial score (nSPS) is 25.9. The minimum Gasteiger partial charge on any atom is -0.389 e. The maximum atomic E-state index is 9.68. The van der Waals surface area contributed by atoms with E-state index in [-0.39, 0.29) is 6.10 Å². The van der Waals surface area contributed by atoms with Crippen LogP contribution in [0, 0.1) is 5.92 Å². The first-order chi connectivity index (χ1) is 6.65. The van der Waals surface area contributed by atoms with E-state index in [0.29, 0.717) is 5.92 Å². The van der Waals surface area contributed by atoms with Crippen molar-refractivity contribution >= 4 is 0 Å². The fraction of sp³-hybridized carbons (Fsp3) is 0.692. The highest BCUT2D eigenvalue weighted by atomic mass is 16.3. The number of rotatable bonds is 2. The van der Waals surface area contributed by atoms with Gasteiger partial charge in [-0.3, -0.25) is 0 Å². The van der Waals surface area contributed by atoms with Gasteiger partial charge in [0.25, 0.3) is 0 Å². The first-order valence-corrected chi connectivity index (χ1v) is 5.67. The molecule has 1 N–H and O–H groups in total. The maximum Gasteiger partial charge on any atom is 0.0755 e. The summed E-state index contributed by atoms with van der Waals surface area (Å²) in [4.78, 5) is 0. The minimum atomic E-state index is -0.217. The third kappa shape index (κ3) is 3.67. The Hall–Kier alpha value is -0.560. The predicted octanol–water partition coefficient (Wildman–Crippen LogP) is 3.70. The topological polar surface area (TPSA) is 20.2 Å². The van der Waals surface area contributed by atoms with Gasteiger partial charge in [-0.15, -0.1) is 0 Å². The molecule has 0 heterocycles. The Balaban J connectivity index is 0.000000791. The highest BCUT2D eigenvalue weighted by Crippen LogP contribution is 2.29.